The van der Waals surface area contributed by atoms with Crippen molar-refractivity contribution >= 4 is 49.2 Å². The molecule has 0 unspecified atom stereocenters. The van der Waals surface area contributed by atoms with Crippen LogP contribution in [-0.4, -0.2) is 33.3 Å². The van der Waals surface area contributed by atoms with Crippen molar-refractivity contribution in [3.63, 3.8) is 0 Å². The molecule has 0 saturated heterocycles. The Balaban J connectivity index is 0.000000169. The largest absolute Gasteiger partial charge is 0.353 e. The molecule has 0 aliphatic heterocycles. The number of fused-ring (bicyclic) bond motifs is 1. The highest BCUT2D eigenvalue weighted by Gasteiger charge is 2.50. The molecule has 0 radical (unpaired) electrons. The van der Waals surface area contributed by atoms with Gasteiger partial charge in [0, 0.05) is 31.2 Å². The fourth-order valence-electron chi connectivity index (χ4n) is 2.73. The molecule has 2 N–H and O–H groups in total. The van der Waals surface area contributed by atoms with Gasteiger partial charge in [-0.25, -0.2) is 0 Å². The third-order valence-corrected chi connectivity index (χ3v) is 5.32. The van der Waals surface area contributed by atoms with E-state index in [9.17, 15) is 14.4 Å². The number of hydrogen-bond donors (Lipinski definition) is 2. The highest BCUT2D eigenvalue weighted by atomic mass is 79.9. The predicted octanol–water partition coefficient (Wildman–Crippen LogP) is 4.19. The average molecular weight is 518 g/mol. The summed E-state index contributed by atoms with van der Waals surface area (Å²) in [6, 6.07) is 20.6. The van der Waals surface area contributed by atoms with Crippen LogP contribution in [-0.2, 0) is 0 Å². The number of Topliss-reactive ketones (excluding diaryl/α,β-unsaturated/α-hetero) is 2. The van der Waals surface area contributed by atoms with Gasteiger partial charge in [0.25, 0.3) is 5.79 Å². The van der Waals surface area contributed by atoms with Crippen LogP contribution in [0.25, 0.3) is 0 Å². The molecule has 0 spiro atoms. The lowest BCUT2D eigenvalue weighted by molar-refractivity contribution is -0.0857. The minimum atomic E-state index is -2.86. The van der Waals surface area contributed by atoms with Crippen LogP contribution >= 0.6 is 31.9 Å². The summed E-state index contributed by atoms with van der Waals surface area (Å²) < 4.78 is 1.94. The van der Waals surface area contributed by atoms with E-state index in [-0.39, 0.29) is 16.9 Å². The zero-order chi connectivity index (χ0) is 21.2. The minimum Gasteiger partial charge on any atom is -0.353 e. The van der Waals surface area contributed by atoms with Crippen molar-refractivity contribution in [2.24, 2.45) is 0 Å². The first kappa shape index (κ1) is 21.3. The third kappa shape index (κ3) is 4.43. The normalized spacial score (nSPS) is 14.1. The molecule has 1 aliphatic carbocycles. The van der Waals surface area contributed by atoms with Gasteiger partial charge < -0.3 is 10.2 Å². The molecule has 3 aromatic carbocycles. The summed E-state index contributed by atoms with van der Waals surface area (Å²) >= 11 is 6.69. The Hall–Kier alpha value is -2.45. The molecule has 0 saturated carbocycles. The SMILES string of the molecule is O=C(c1ccc(Br)cc1)c1ccc(Br)cc1.O=C1c2ccccc2C(=O)C1(O)O. The molecular formula is C22H14Br2O5. The van der Waals surface area contributed by atoms with Gasteiger partial charge in [-0.15, -0.1) is 0 Å². The van der Waals surface area contributed by atoms with Gasteiger partial charge in [-0.3, -0.25) is 14.4 Å². The van der Waals surface area contributed by atoms with E-state index in [4.69, 9.17) is 10.2 Å². The van der Waals surface area contributed by atoms with Crippen molar-refractivity contribution in [1.29, 1.82) is 0 Å². The second-order valence-electron chi connectivity index (χ2n) is 6.22. The lowest BCUT2D eigenvalue weighted by atomic mass is 10.0. The van der Waals surface area contributed by atoms with E-state index in [1.165, 1.54) is 12.1 Å². The van der Waals surface area contributed by atoms with Crippen LogP contribution in [0.5, 0.6) is 0 Å². The molecule has 29 heavy (non-hydrogen) atoms. The van der Waals surface area contributed by atoms with E-state index in [0.717, 1.165) is 8.95 Å². The first-order valence-electron chi connectivity index (χ1n) is 8.41. The van der Waals surface area contributed by atoms with Crippen molar-refractivity contribution in [1.82, 2.24) is 0 Å². The van der Waals surface area contributed by atoms with Crippen LogP contribution in [0.2, 0.25) is 0 Å². The molecule has 0 fully saturated rings. The summed E-state index contributed by atoms with van der Waals surface area (Å²) in [5, 5.41) is 18.2. The first-order valence-corrected chi connectivity index (χ1v) is 9.99. The number of benzene rings is 3. The molecule has 0 heterocycles. The fraction of sp³-hybridized carbons (Fsp3) is 0.0455. The van der Waals surface area contributed by atoms with E-state index in [0.29, 0.717) is 11.1 Å². The van der Waals surface area contributed by atoms with Crippen LogP contribution in [0.15, 0.2) is 81.7 Å². The summed E-state index contributed by atoms with van der Waals surface area (Å²) in [6.45, 7) is 0. The molecule has 1 aliphatic rings. The van der Waals surface area contributed by atoms with Crippen LogP contribution in [0.3, 0.4) is 0 Å². The maximum Gasteiger partial charge on any atom is 0.295 e. The Morgan fingerprint density at radius 2 is 1.00 bits per heavy atom. The van der Waals surface area contributed by atoms with Crippen molar-refractivity contribution in [3.8, 4) is 0 Å². The third-order valence-electron chi connectivity index (χ3n) is 4.26. The molecular weight excluding hydrogens is 504 g/mol. The van der Waals surface area contributed by atoms with Crippen LogP contribution < -0.4 is 0 Å². The predicted molar refractivity (Wildman–Crippen MR) is 114 cm³/mol. The number of aliphatic hydroxyl groups is 2. The Morgan fingerprint density at radius 1 is 0.655 bits per heavy atom. The summed E-state index contributed by atoms with van der Waals surface area (Å²) in [4.78, 5) is 34.5. The lowest BCUT2D eigenvalue weighted by Gasteiger charge is -2.08. The molecule has 7 heteroatoms. The van der Waals surface area contributed by atoms with E-state index in [1.807, 2.05) is 48.5 Å². The summed E-state index contributed by atoms with van der Waals surface area (Å²) in [5.74, 6) is -4.72. The molecule has 0 aromatic heterocycles. The summed E-state index contributed by atoms with van der Waals surface area (Å²) in [7, 11) is 0. The van der Waals surface area contributed by atoms with Crippen molar-refractivity contribution < 1.29 is 24.6 Å². The van der Waals surface area contributed by atoms with E-state index >= 15 is 0 Å². The molecule has 146 valence electrons. The second kappa shape index (κ2) is 8.51. The van der Waals surface area contributed by atoms with Gasteiger partial charge in [-0.2, -0.15) is 0 Å². The van der Waals surface area contributed by atoms with Gasteiger partial charge in [-0.05, 0) is 48.5 Å². The number of rotatable bonds is 2. The highest BCUT2D eigenvalue weighted by molar-refractivity contribution is 9.10. The topological polar surface area (TPSA) is 91.7 Å². The van der Waals surface area contributed by atoms with Crippen molar-refractivity contribution in [3.05, 3.63) is 104 Å². The number of carbonyl (C=O) groups excluding carboxylic acids is 3. The summed E-state index contributed by atoms with van der Waals surface area (Å²) in [6.07, 6.45) is 0. The Bertz CT molecular complexity index is 1000. The molecule has 5 nitrogen and oxygen atoms in total. The maximum atomic E-state index is 12.0. The maximum absolute atomic E-state index is 12.0. The van der Waals surface area contributed by atoms with Gasteiger partial charge >= 0.3 is 0 Å². The van der Waals surface area contributed by atoms with Gasteiger partial charge in [-0.1, -0.05) is 56.1 Å². The summed E-state index contributed by atoms with van der Waals surface area (Å²) in [5.41, 5.74) is 1.53. The monoisotopic (exact) mass is 516 g/mol. The minimum absolute atomic E-state index is 0.0417. The molecule has 0 amide bonds. The number of carbonyl (C=O) groups is 3. The van der Waals surface area contributed by atoms with Crippen LogP contribution in [0.1, 0.15) is 36.6 Å². The Kier molecular flexibility index (Phi) is 6.24. The second-order valence-corrected chi connectivity index (χ2v) is 8.05. The number of halogens is 2. The number of ketones is 3. The average Bonchev–Trinajstić information content (AvgIpc) is 2.90. The molecule has 0 bridgehead atoms. The highest BCUT2D eigenvalue weighted by Crippen LogP contribution is 2.27. The van der Waals surface area contributed by atoms with Gasteiger partial charge in [0.05, 0.1) is 0 Å². The standard InChI is InChI=1S/C13H8Br2O.C9H6O4/c14-11-5-1-9(2-6-11)13(16)10-3-7-12(15)8-4-10;10-7-5-3-1-2-4-6(5)8(11)9(7,12)13/h1-8H;1-4,12-13H. The van der Waals surface area contributed by atoms with Crippen molar-refractivity contribution in [2.45, 2.75) is 5.79 Å². The van der Waals surface area contributed by atoms with E-state index in [1.54, 1.807) is 12.1 Å². The van der Waals surface area contributed by atoms with Gasteiger partial charge in [0.1, 0.15) is 0 Å². The van der Waals surface area contributed by atoms with Crippen LogP contribution in [0.4, 0.5) is 0 Å². The zero-order valence-corrected chi connectivity index (χ0v) is 18.0. The molecule has 4 rings (SSSR count). The first-order chi connectivity index (χ1) is 13.7. The fourth-order valence-corrected chi connectivity index (χ4v) is 3.26. The zero-order valence-electron chi connectivity index (χ0n) is 14.8. The van der Waals surface area contributed by atoms with E-state index in [2.05, 4.69) is 31.9 Å². The number of hydrogen-bond acceptors (Lipinski definition) is 5. The van der Waals surface area contributed by atoms with Crippen LogP contribution in [0, 0.1) is 0 Å². The Morgan fingerprint density at radius 3 is 1.34 bits per heavy atom. The van der Waals surface area contributed by atoms with Gasteiger partial charge in [0.15, 0.2) is 5.78 Å². The molecule has 0 atom stereocenters. The van der Waals surface area contributed by atoms with Crippen molar-refractivity contribution in [2.75, 3.05) is 0 Å². The van der Waals surface area contributed by atoms with E-state index < -0.39 is 17.4 Å². The smallest absolute Gasteiger partial charge is 0.295 e. The quantitative estimate of drug-likeness (QED) is 0.302. The lowest BCUT2D eigenvalue weighted by Crippen LogP contribution is -2.40. The molecule has 3 aromatic rings. The van der Waals surface area contributed by atoms with Gasteiger partial charge in [0.2, 0.25) is 11.6 Å². The Labute approximate surface area is 183 Å².